The van der Waals surface area contributed by atoms with E-state index >= 15 is 0 Å². The van der Waals surface area contributed by atoms with E-state index in [0.717, 1.165) is 0 Å². The summed E-state index contributed by atoms with van der Waals surface area (Å²) in [5, 5.41) is 9.24. The maximum Gasteiger partial charge on any atom is 0.161 e. The van der Waals surface area contributed by atoms with Crippen LogP contribution in [0.4, 0.5) is 0 Å². The quantitative estimate of drug-likeness (QED) is 0.684. The van der Waals surface area contributed by atoms with Crippen LogP contribution in [0, 0.1) is 0 Å². The average Bonchev–Trinajstić information content (AvgIpc) is 2.16. The van der Waals surface area contributed by atoms with Gasteiger partial charge in [-0.05, 0) is 25.1 Å². The van der Waals surface area contributed by atoms with Gasteiger partial charge in [0.2, 0.25) is 0 Å². The number of phenolic OH excluding ortho intramolecular Hbond substituents is 1. The molecule has 0 radical (unpaired) electrons. The number of rotatable bonds is 2. The highest BCUT2D eigenvalue weighted by Gasteiger charge is 2.04. The Labute approximate surface area is 74.8 Å². The topological polar surface area (TPSA) is 46.5 Å². The smallest absolute Gasteiger partial charge is 0.161 e. The molecule has 1 aromatic carbocycles. The molecule has 0 atom stereocenters. The highest BCUT2D eigenvalue weighted by molar-refractivity contribution is 5.94. The number of methoxy groups -OCH3 is 1. The molecule has 0 bridgehead atoms. The number of hydrogen-bond donors (Lipinski definition) is 1. The number of benzene rings is 1. The summed E-state index contributed by atoms with van der Waals surface area (Å²) in [6.45, 7) is -2.68. The number of carbonyl (C=O) groups is 1. The first-order valence-electron chi connectivity index (χ1n) is 4.78. The van der Waals surface area contributed by atoms with Crippen LogP contribution in [-0.4, -0.2) is 18.0 Å². The first-order chi connectivity index (χ1) is 6.86. The Bertz CT molecular complexity index is 385. The fourth-order valence-electron chi connectivity index (χ4n) is 0.819. The van der Waals surface area contributed by atoms with Crippen LogP contribution in [0.2, 0.25) is 0 Å². The first kappa shape index (κ1) is 5.19. The number of hydrogen-bond acceptors (Lipinski definition) is 3. The van der Waals surface area contributed by atoms with E-state index in [0.29, 0.717) is 0 Å². The lowest BCUT2D eigenvalue weighted by atomic mass is 10.1. The van der Waals surface area contributed by atoms with Crippen molar-refractivity contribution in [2.45, 2.75) is 6.85 Å². The molecule has 12 heavy (non-hydrogen) atoms. The van der Waals surface area contributed by atoms with Gasteiger partial charge >= 0.3 is 0 Å². The van der Waals surface area contributed by atoms with Crippen molar-refractivity contribution < 1.29 is 18.8 Å². The molecule has 0 amide bonds. The van der Waals surface area contributed by atoms with Crippen molar-refractivity contribution in [3.63, 3.8) is 0 Å². The van der Waals surface area contributed by atoms with Crippen LogP contribution >= 0.6 is 0 Å². The molecule has 0 fully saturated rings. The molecule has 0 spiro atoms. The molecule has 64 valence electrons. The van der Waals surface area contributed by atoms with Crippen LogP contribution in [0.1, 0.15) is 21.3 Å². The Balaban J connectivity index is 3.12. The van der Waals surface area contributed by atoms with E-state index in [1.165, 1.54) is 25.3 Å². The van der Waals surface area contributed by atoms with Gasteiger partial charge < -0.3 is 9.84 Å². The van der Waals surface area contributed by atoms with Crippen LogP contribution in [0.3, 0.4) is 0 Å². The molecule has 1 aromatic rings. The molecule has 0 heterocycles. The average molecular weight is 169 g/mol. The van der Waals surface area contributed by atoms with E-state index in [9.17, 15) is 9.90 Å². The van der Waals surface area contributed by atoms with Crippen molar-refractivity contribution in [1.29, 1.82) is 0 Å². The summed E-state index contributed by atoms with van der Waals surface area (Å²) < 4.78 is 25.6. The Hall–Kier alpha value is -1.51. The molecule has 0 unspecified atom stereocenters. The molecule has 0 aliphatic rings. The number of carbonyl (C=O) groups excluding carboxylic acids is 1. The fourth-order valence-corrected chi connectivity index (χ4v) is 0.819. The molecule has 1 rings (SSSR count). The predicted octanol–water partition coefficient (Wildman–Crippen LogP) is 1.60. The number of phenols is 1. The van der Waals surface area contributed by atoms with Crippen LogP contribution in [0.25, 0.3) is 0 Å². The van der Waals surface area contributed by atoms with Gasteiger partial charge in [-0.3, -0.25) is 4.79 Å². The molecule has 0 aromatic heterocycles. The van der Waals surface area contributed by atoms with E-state index in [1.54, 1.807) is 0 Å². The van der Waals surface area contributed by atoms with Gasteiger partial charge in [0, 0.05) is 9.68 Å². The zero-order valence-electron chi connectivity index (χ0n) is 9.50. The lowest BCUT2D eigenvalue weighted by molar-refractivity contribution is 0.101. The molecule has 3 nitrogen and oxygen atoms in total. The summed E-state index contributed by atoms with van der Waals surface area (Å²) >= 11 is 0. The zero-order chi connectivity index (χ0) is 11.6. The van der Waals surface area contributed by atoms with Crippen LogP contribution in [0.5, 0.6) is 11.5 Å². The third kappa shape index (κ3) is 1.56. The Kier molecular flexibility index (Phi) is 1.41. The van der Waals surface area contributed by atoms with Crippen molar-refractivity contribution in [2.24, 2.45) is 0 Å². The van der Waals surface area contributed by atoms with Gasteiger partial charge in [0.05, 0.1) is 7.11 Å². The lowest BCUT2D eigenvalue weighted by Crippen LogP contribution is -1.92. The van der Waals surface area contributed by atoms with E-state index < -0.39 is 12.6 Å². The lowest BCUT2D eigenvalue weighted by Gasteiger charge is -2.03. The summed E-state index contributed by atoms with van der Waals surface area (Å²) in [5.41, 5.74) is -0.00958. The van der Waals surface area contributed by atoms with Crippen molar-refractivity contribution in [3.8, 4) is 11.5 Å². The Morgan fingerprint density at radius 3 is 3.00 bits per heavy atom. The second-order valence-corrected chi connectivity index (χ2v) is 2.22. The molecular weight excluding hydrogens is 156 g/mol. The highest BCUT2D eigenvalue weighted by atomic mass is 16.5. The molecule has 0 saturated heterocycles. The number of ketones is 1. The van der Waals surface area contributed by atoms with Gasteiger partial charge in [-0.1, -0.05) is 0 Å². The van der Waals surface area contributed by atoms with Gasteiger partial charge in [-0.15, -0.1) is 0 Å². The van der Waals surface area contributed by atoms with Crippen molar-refractivity contribution in [2.75, 3.05) is 7.11 Å². The van der Waals surface area contributed by atoms with Crippen LogP contribution in [-0.2, 0) is 0 Å². The van der Waals surface area contributed by atoms with Gasteiger partial charge in [0.15, 0.2) is 17.3 Å². The normalized spacial score (nSPS) is 14.2. The molecular formula is C9H10O3. The van der Waals surface area contributed by atoms with Crippen LogP contribution in [0.15, 0.2) is 18.2 Å². The highest BCUT2D eigenvalue weighted by Crippen LogP contribution is 2.26. The number of ether oxygens (including phenoxy) is 1. The minimum Gasteiger partial charge on any atom is -0.504 e. The summed E-state index contributed by atoms with van der Waals surface area (Å²) in [7, 11) is 1.32. The molecule has 0 aliphatic carbocycles. The minimum atomic E-state index is -2.68. The van der Waals surface area contributed by atoms with E-state index in [1.807, 2.05) is 0 Å². The SMILES string of the molecule is [2H]C([2H])([2H])C(=O)c1ccc(O)c(OC)c1. The van der Waals surface area contributed by atoms with Crippen molar-refractivity contribution >= 4 is 5.78 Å². The maximum absolute atomic E-state index is 11.3. The third-order valence-electron chi connectivity index (χ3n) is 1.44. The van der Waals surface area contributed by atoms with E-state index in [4.69, 9.17) is 8.85 Å². The standard InChI is InChI=1S/C9H10O3/c1-6(10)7-3-4-8(11)9(5-7)12-2/h3-5,11H,1-2H3/i1D3. The van der Waals surface area contributed by atoms with E-state index in [-0.39, 0.29) is 17.1 Å². The summed E-state index contributed by atoms with van der Waals surface area (Å²) in [5.74, 6) is -1.04. The molecule has 0 saturated carbocycles. The number of aromatic hydroxyl groups is 1. The summed E-state index contributed by atoms with van der Waals surface area (Å²) in [4.78, 5) is 11.3. The monoisotopic (exact) mass is 169 g/mol. The van der Waals surface area contributed by atoms with Crippen LogP contribution < -0.4 is 4.74 Å². The summed E-state index contributed by atoms with van der Waals surface area (Å²) in [6, 6.07) is 3.66. The summed E-state index contributed by atoms with van der Waals surface area (Å²) in [6.07, 6.45) is 0. The second-order valence-electron chi connectivity index (χ2n) is 2.22. The number of Topliss-reactive ketones (excluding diaryl/α,β-unsaturated/α-hetero) is 1. The second kappa shape index (κ2) is 3.26. The first-order valence-corrected chi connectivity index (χ1v) is 3.28. The largest absolute Gasteiger partial charge is 0.504 e. The maximum atomic E-state index is 11.3. The van der Waals surface area contributed by atoms with E-state index in [2.05, 4.69) is 0 Å². The van der Waals surface area contributed by atoms with Gasteiger partial charge in [0.1, 0.15) is 0 Å². The molecule has 3 heteroatoms. The fraction of sp³-hybridized carbons (Fsp3) is 0.222. The van der Waals surface area contributed by atoms with Crippen molar-refractivity contribution in [3.05, 3.63) is 23.8 Å². The minimum absolute atomic E-state index is 0.00958. The molecule has 0 aliphatic heterocycles. The molecule has 1 N–H and O–H groups in total. The third-order valence-corrected chi connectivity index (χ3v) is 1.44. The van der Waals surface area contributed by atoms with Gasteiger partial charge in [-0.2, -0.15) is 0 Å². The van der Waals surface area contributed by atoms with Gasteiger partial charge in [-0.25, -0.2) is 0 Å². The Morgan fingerprint density at radius 2 is 2.42 bits per heavy atom. The Morgan fingerprint density at radius 1 is 1.67 bits per heavy atom. The van der Waals surface area contributed by atoms with Crippen molar-refractivity contribution in [1.82, 2.24) is 0 Å². The zero-order valence-corrected chi connectivity index (χ0v) is 6.50. The van der Waals surface area contributed by atoms with Gasteiger partial charge in [0.25, 0.3) is 0 Å². The predicted molar refractivity (Wildman–Crippen MR) is 44.7 cm³/mol.